The molecule has 25 heavy (non-hydrogen) atoms. The largest absolute Gasteiger partial charge is 0.464 e. The molecular formula is C16H13ClF2N4O2. The Morgan fingerprint density at radius 2 is 1.96 bits per heavy atom. The summed E-state index contributed by atoms with van der Waals surface area (Å²) in [5.41, 5.74) is -0.0205. The van der Waals surface area contributed by atoms with Gasteiger partial charge in [0.1, 0.15) is 23.0 Å². The fraction of sp³-hybridized carbons (Fsp3) is 0.188. The number of fused-ring (bicyclic) bond motifs is 1. The fourth-order valence-corrected chi connectivity index (χ4v) is 2.70. The first-order valence-electron chi connectivity index (χ1n) is 7.32. The van der Waals surface area contributed by atoms with Gasteiger partial charge in [0.05, 0.1) is 11.9 Å². The maximum absolute atomic E-state index is 14.2. The van der Waals surface area contributed by atoms with Crippen LogP contribution < -0.4 is 4.90 Å². The van der Waals surface area contributed by atoms with E-state index in [9.17, 15) is 18.7 Å². The van der Waals surface area contributed by atoms with Crippen molar-refractivity contribution in [2.75, 3.05) is 4.90 Å². The lowest BCUT2D eigenvalue weighted by Gasteiger charge is -2.21. The summed E-state index contributed by atoms with van der Waals surface area (Å²) >= 11 is 6.01. The third kappa shape index (κ3) is 2.89. The highest BCUT2D eigenvalue weighted by molar-refractivity contribution is 6.29. The molecule has 130 valence electrons. The summed E-state index contributed by atoms with van der Waals surface area (Å²) < 4.78 is 29.7. The van der Waals surface area contributed by atoms with Gasteiger partial charge >= 0.3 is 6.09 Å². The van der Waals surface area contributed by atoms with Gasteiger partial charge in [-0.3, -0.25) is 0 Å². The molecule has 0 atom stereocenters. The zero-order chi connectivity index (χ0) is 18.3. The average Bonchev–Trinajstić information content (AvgIpc) is 2.94. The molecule has 0 fully saturated rings. The topological polar surface area (TPSA) is 70.7 Å². The standard InChI is InChI=1S/C16H13ClF2N4O2/c1-8(2)12-7-20-15-11(6-13(17)21-23(12)15)22(16(24)25)14-9(18)4-3-5-10(14)19/h3-8H,1-2H3,(H,24,25). The van der Waals surface area contributed by atoms with Gasteiger partial charge in [-0.15, -0.1) is 0 Å². The van der Waals surface area contributed by atoms with Gasteiger partial charge in [0.25, 0.3) is 0 Å². The predicted octanol–water partition coefficient (Wildman–Crippen LogP) is 4.60. The van der Waals surface area contributed by atoms with Gasteiger partial charge in [0, 0.05) is 6.07 Å². The van der Waals surface area contributed by atoms with Gasteiger partial charge < -0.3 is 5.11 Å². The van der Waals surface area contributed by atoms with Crippen LogP contribution in [0.3, 0.4) is 0 Å². The summed E-state index contributed by atoms with van der Waals surface area (Å²) in [6, 6.07) is 4.29. The van der Waals surface area contributed by atoms with E-state index in [0.717, 1.165) is 18.2 Å². The van der Waals surface area contributed by atoms with Crippen LogP contribution in [-0.2, 0) is 0 Å². The number of amides is 1. The monoisotopic (exact) mass is 366 g/mol. The van der Waals surface area contributed by atoms with Crippen LogP contribution in [0.1, 0.15) is 25.5 Å². The molecule has 0 radical (unpaired) electrons. The highest BCUT2D eigenvalue weighted by atomic mass is 35.5. The first-order chi connectivity index (χ1) is 11.8. The maximum Gasteiger partial charge on any atom is 0.416 e. The van der Waals surface area contributed by atoms with E-state index in [1.807, 2.05) is 13.8 Å². The number of rotatable bonds is 3. The molecule has 0 saturated heterocycles. The van der Waals surface area contributed by atoms with E-state index < -0.39 is 23.4 Å². The average molecular weight is 367 g/mol. The van der Waals surface area contributed by atoms with Crippen molar-refractivity contribution in [3.8, 4) is 0 Å². The van der Waals surface area contributed by atoms with Crippen molar-refractivity contribution in [2.24, 2.45) is 0 Å². The number of halogens is 3. The fourth-order valence-electron chi connectivity index (χ4n) is 2.52. The molecule has 3 aromatic rings. The van der Waals surface area contributed by atoms with Crippen LogP contribution in [0.5, 0.6) is 0 Å². The number of carboxylic acid groups (broad SMARTS) is 1. The Hall–Kier alpha value is -2.74. The van der Waals surface area contributed by atoms with E-state index >= 15 is 0 Å². The van der Waals surface area contributed by atoms with Crippen LogP contribution in [0.4, 0.5) is 25.0 Å². The number of aromatic nitrogens is 3. The quantitative estimate of drug-likeness (QED) is 0.735. The van der Waals surface area contributed by atoms with E-state index in [2.05, 4.69) is 10.1 Å². The number of hydrogen-bond acceptors (Lipinski definition) is 3. The lowest BCUT2D eigenvalue weighted by molar-refractivity contribution is 0.204. The van der Waals surface area contributed by atoms with E-state index in [1.54, 1.807) is 0 Å². The Labute approximate surface area is 146 Å². The smallest absolute Gasteiger partial charge is 0.416 e. The number of hydrogen-bond donors (Lipinski definition) is 1. The van der Waals surface area contributed by atoms with Gasteiger partial charge in [0.2, 0.25) is 0 Å². The van der Waals surface area contributed by atoms with Crippen LogP contribution in [-0.4, -0.2) is 25.8 Å². The van der Waals surface area contributed by atoms with Crippen LogP contribution in [0.2, 0.25) is 5.15 Å². The van der Waals surface area contributed by atoms with Crippen LogP contribution in [0, 0.1) is 11.6 Å². The van der Waals surface area contributed by atoms with Crippen molar-refractivity contribution in [1.29, 1.82) is 0 Å². The molecule has 0 saturated carbocycles. The molecule has 0 unspecified atom stereocenters. The van der Waals surface area contributed by atoms with Crippen molar-refractivity contribution in [3.05, 3.63) is 52.9 Å². The second-order valence-electron chi connectivity index (χ2n) is 5.61. The van der Waals surface area contributed by atoms with E-state index in [4.69, 9.17) is 11.6 Å². The number of carbonyl (C=O) groups is 1. The predicted molar refractivity (Wildman–Crippen MR) is 88.6 cm³/mol. The molecule has 0 aliphatic heterocycles. The summed E-state index contributed by atoms with van der Waals surface area (Å²) in [6.45, 7) is 3.80. The molecular weight excluding hydrogens is 354 g/mol. The van der Waals surface area contributed by atoms with Crippen LogP contribution in [0.15, 0.2) is 30.5 Å². The number of nitrogens with zero attached hydrogens (tertiary/aromatic N) is 4. The Bertz CT molecular complexity index is 954. The van der Waals surface area contributed by atoms with Crippen LogP contribution >= 0.6 is 11.6 Å². The molecule has 1 amide bonds. The van der Waals surface area contributed by atoms with Gasteiger partial charge in [0.15, 0.2) is 10.8 Å². The Kier molecular flexibility index (Phi) is 4.30. The highest BCUT2D eigenvalue weighted by Gasteiger charge is 2.28. The minimum Gasteiger partial charge on any atom is -0.464 e. The molecule has 0 bridgehead atoms. The lowest BCUT2D eigenvalue weighted by Crippen LogP contribution is -2.26. The van der Waals surface area contributed by atoms with Crippen molar-refractivity contribution >= 4 is 34.7 Å². The summed E-state index contributed by atoms with van der Waals surface area (Å²) in [4.78, 5) is 16.4. The second-order valence-corrected chi connectivity index (χ2v) is 6.00. The summed E-state index contributed by atoms with van der Waals surface area (Å²) in [5.74, 6) is -2.02. The maximum atomic E-state index is 14.2. The molecule has 0 aliphatic rings. The summed E-state index contributed by atoms with van der Waals surface area (Å²) in [5, 5.41) is 13.7. The van der Waals surface area contributed by atoms with E-state index in [0.29, 0.717) is 10.6 Å². The zero-order valence-corrected chi connectivity index (χ0v) is 14.0. The lowest BCUT2D eigenvalue weighted by atomic mass is 10.1. The molecule has 6 nitrogen and oxygen atoms in total. The number of benzene rings is 1. The first-order valence-corrected chi connectivity index (χ1v) is 7.70. The third-order valence-electron chi connectivity index (χ3n) is 3.63. The van der Waals surface area contributed by atoms with E-state index in [-0.39, 0.29) is 22.4 Å². The number of para-hydroxylation sites is 1. The minimum atomic E-state index is -1.58. The number of anilines is 2. The van der Waals surface area contributed by atoms with Crippen molar-refractivity contribution in [2.45, 2.75) is 19.8 Å². The molecule has 1 N–H and O–H groups in total. The molecule has 3 rings (SSSR count). The van der Waals surface area contributed by atoms with Crippen LogP contribution in [0.25, 0.3) is 5.65 Å². The van der Waals surface area contributed by atoms with E-state index in [1.165, 1.54) is 16.8 Å². The third-order valence-corrected chi connectivity index (χ3v) is 3.81. The van der Waals surface area contributed by atoms with Gasteiger partial charge in [-0.2, -0.15) is 5.10 Å². The zero-order valence-electron chi connectivity index (χ0n) is 13.2. The normalized spacial score (nSPS) is 11.3. The Morgan fingerprint density at radius 1 is 1.32 bits per heavy atom. The number of imidazole rings is 1. The van der Waals surface area contributed by atoms with Gasteiger partial charge in [-0.25, -0.2) is 28.0 Å². The highest BCUT2D eigenvalue weighted by Crippen LogP contribution is 2.34. The summed E-state index contributed by atoms with van der Waals surface area (Å²) in [6.07, 6.45) is -0.0628. The van der Waals surface area contributed by atoms with Gasteiger partial charge in [-0.1, -0.05) is 31.5 Å². The van der Waals surface area contributed by atoms with Gasteiger partial charge in [-0.05, 0) is 18.1 Å². The second kappa shape index (κ2) is 6.29. The molecule has 2 heterocycles. The summed E-state index contributed by atoms with van der Waals surface area (Å²) in [7, 11) is 0. The Morgan fingerprint density at radius 3 is 2.52 bits per heavy atom. The molecule has 9 heteroatoms. The Balaban J connectivity index is 2.34. The van der Waals surface area contributed by atoms with Crippen molar-refractivity contribution < 1.29 is 18.7 Å². The molecule has 0 spiro atoms. The molecule has 0 aliphatic carbocycles. The SMILES string of the molecule is CC(C)c1cnc2c(N(C(=O)O)c3c(F)cccc3F)cc(Cl)nn12. The molecule has 1 aromatic carbocycles. The van der Waals surface area contributed by atoms with Crippen molar-refractivity contribution in [1.82, 2.24) is 14.6 Å². The first kappa shape index (κ1) is 17.1. The minimum absolute atomic E-state index is 0.0253. The van der Waals surface area contributed by atoms with Crippen molar-refractivity contribution in [3.63, 3.8) is 0 Å². The molecule has 2 aromatic heterocycles.